The highest BCUT2D eigenvalue weighted by Crippen LogP contribution is 2.28. The third-order valence-electron chi connectivity index (χ3n) is 7.44. The SMILES string of the molecule is NCC1CCC(C(=O)N[C@@H](Cc2ccc(-c3cccnc3)cc2)C(=O)Nc2ccc(-c3noc(=O)[nH]3)cc2)CC1. The van der Waals surface area contributed by atoms with Crippen molar-refractivity contribution in [2.24, 2.45) is 17.6 Å². The number of pyridine rings is 1. The van der Waals surface area contributed by atoms with Crippen molar-refractivity contribution in [3.8, 4) is 22.5 Å². The number of carbonyl (C=O) groups excluding carboxylic acids is 2. The average molecular weight is 541 g/mol. The Morgan fingerprint density at radius 1 is 0.975 bits per heavy atom. The predicted octanol–water partition coefficient (Wildman–Crippen LogP) is 3.52. The first-order valence-electron chi connectivity index (χ1n) is 13.5. The van der Waals surface area contributed by atoms with Crippen molar-refractivity contribution in [2.45, 2.75) is 38.1 Å². The minimum atomic E-state index is -0.768. The quantitative estimate of drug-likeness (QED) is 0.253. The Balaban J connectivity index is 1.30. The van der Waals surface area contributed by atoms with E-state index < -0.39 is 11.8 Å². The second kappa shape index (κ2) is 12.5. The predicted molar refractivity (Wildman–Crippen MR) is 151 cm³/mol. The van der Waals surface area contributed by atoms with Crippen LogP contribution in [-0.4, -0.2) is 39.5 Å². The van der Waals surface area contributed by atoms with E-state index in [1.807, 2.05) is 36.4 Å². The molecule has 2 aromatic heterocycles. The van der Waals surface area contributed by atoms with Gasteiger partial charge in [-0.05, 0) is 85.2 Å². The van der Waals surface area contributed by atoms with Crippen molar-refractivity contribution in [3.63, 3.8) is 0 Å². The molecular formula is C30H32N6O4. The molecule has 1 saturated carbocycles. The van der Waals surface area contributed by atoms with E-state index in [2.05, 4.69) is 30.3 Å². The summed E-state index contributed by atoms with van der Waals surface area (Å²) < 4.78 is 4.55. The van der Waals surface area contributed by atoms with E-state index in [1.54, 1.807) is 36.7 Å². The van der Waals surface area contributed by atoms with Crippen LogP contribution in [-0.2, 0) is 16.0 Å². The van der Waals surface area contributed by atoms with Gasteiger partial charge in [-0.2, -0.15) is 0 Å². The van der Waals surface area contributed by atoms with Crippen molar-refractivity contribution < 1.29 is 14.1 Å². The minimum absolute atomic E-state index is 0.104. The number of hydrogen-bond acceptors (Lipinski definition) is 7. The molecule has 0 saturated heterocycles. The number of benzene rings is 2. The number of nitrogens with two attached hydrogens (primary N) is 1. The van der Waals surface area contributed by atoms with Crippen molar-refractivity contribution in [1.29, 1.82) is 0 Å². The largest absolute Gasteiger partial charge is 0.439 e. The highest BCUT2D eigenvalue weighted by molar-refractivity contribution is 5.97. The molecule has 0 spiro atoms. The van der Waals surface area contributed by atoms with Crippen LogP contribution in [0.2, 0.25) is 0 Å². The van der Waals surface area contributed by atoms with Crippen molar-refractivity contribution in [3.05, 3.63) is 89.2 Å². The average Bonchev–Trinajstić information content (AvgIpc) is 3.44. The number of rotatable bonds is 9. The summed E-state index contributed by atoms with van der Waals surface area (Å²) in [5.41, 5.74) is 9.94. The first kappa shape index (κ1) is 27.0. The Hall–Kier alpha value is -4.57. The van der Waals surface area contributed by atoms with Gasteiger partial charge in [-0.1, -0.05) is 35.5 Å². The summed E-state index contributed by atoms with van der Waals surface area (Å²) in [5, 5.41) is 9.61. The number of hydrogen-bond donors (Lipinski definition) is 4. The molecule has 0 radical (unpaired) electrons. The second-order valence-corrected chi connectivity index (χ2v) is 10.2. The fourth-order valence-corrected chi connectivity index (χ4v) is 5.06. The Morgan fingerprint density at radius 2 is 1.70 bits per heavy atom. The van der Waals surface area contributed by atoms with Crippen molar-refractivity contribution >= 4 is 17.5 Å². The Bertz CT molecular complexity index is 1470. The maximum absolute atomic E-state index is 13.5. The number of aromatic amines is 1. The molecule has 0 aliphatic heterocycles. The second-order valence-electron chi connectivity index (χ2n) is 10.2. The lowest BCUT2D eigenvalue weighted by Gasteiger charge is -2.28. The van der Waals surface area contributed by atoms with Crippen LogP contribution < -0.4 is 22.1 Å². The van der Waals surface area contributed by atoms with Gasteiger partial charge in [-0.3, -0.25) is 24.1 Å². The van der Waals surface area contributed by atoms with Crippen LogP contribution >= 0.6 is 0 Å². The molecule has 5 rings (SSSR count). The summed E-state index contributed by atoms with van der Waals surface area (Å²) >= 11 is 0. The van der Waals surface area contributed by atoms with Crippen LogP contribution in [0.5, 0.6) is 0 Å². The summed E-state index contributed by atoms with van der Waals surface area (Å²) in [6.07, 6.45) is 7.25. The van der Waals surface area contributed by atoms with E-state index in [1.165, 1.54) is 0 Å². The zero-order chi connectivity index (χ0) is 27.9. The Labute approximate surface area is 231 Å². The van der Waals surface area contributed by atoms with Crippen LogP contribution in [0.15, 0.2) is 82.4 Å². The zero-order valence-corrected chi connectivity index (χ0v) is 22.0. The first-order chi connectivity index (χ1) is 19.5. The lowest BCUT2D eigenvalue weighted by Crippen LogP contribution is -2.48. The highest BCUT2D eigenvalue weighted by Gasteiger charge is 2.29. The lowest BCUT2D eigenvalue weighted by molar-refractivity contribution is -0.130. The van der Waals surface area contributed by atoms with E-state index >= 15 is 0 Å². The fourth-order valence-electron chi connectivity index (χ4n) is 5.06. The summed E-state index contributed by atoms with van der Waals surface area (Å²) in [6.45, 7) is 0.639. The standard InChI is InChI=1S/C30H32N6O4/c31-17-20-5-9-23(10-6-20)28(37)34-26(16-19-3-7-21(8-4-19)24-2-1-15-32-18-24)29(38)33-25-13-11-22(12-14-25)27-35-30(39)40-36-27/h1-4,7-8,11-15,18,20,23,26H,5-6,9-10,16-17,31H2,(H,33,38)(H,34,37)(H,35,36,39)/t20?,23?,26-/m0/s1. The van der Waals surface area contributed by atoms with Gasteiger partial charge < -0.3 is 16.4 Å². The summed E-state index contributed by atoms with van der Waals surface area (Å²) in [4.78, 5) is 44.6. The number of anilines is 1. The third kappa shape index (κ3) is 6.70. The van der Waals surface area contributed by atoms with Gasteiger partial charge in [-0.15, -0.1) is 0 Å². The normalized spacial score (nSPS) is 17.6. The van der Waals surface area contributed by atoms with Gasteiger partial charge in [0, 0.05) is 36.0 Å². The molecular weight excluding hydrogens is 508 g/mol. The smallest absolute Gasteiger partial charge is 0.344 e. The van der Waals surface area contributed by atoms with Gasteiger partial charge in [0.15, 0.2) is 5.82 Å². The minimum Gasteiger partial charge on any atom is -0.344 e. The monoisotopic (exact) mass is 540 g/mol. The Morgan fingerprint density at radius 3 is 2.33 bits per heavy atom. The van der Waals surface area contributed by atoms with E-state index in [0.717, 1.165) is 42.4 Å². The lowest BCUT2D eigenvalue weighted by atomic mass is 9.81. The molecule has 4 aromatic rings. The number of H-pyrrole nitrogens is 1. The van der Waals surface area contributed by atoms with E-state index in [9.17, 15) is 14.4 Å². The van der Waals surface area contributed by atoms with Crippen LogP contribution in [0, 0.1) is 11.8 Å². The highest BCUT2D eigenvalue weighted by atomic mass is 16.5. The topological polar surface area (TPSA) is 156 Å². The molecule has 10 heteroatoms. The molecule has 1 aliphatic rings. The number of nitrogens with zero attached hydrogens (tertiary/aromatic N) is 2. The Kier molecular flexibility index (Phi) is 8.46. The van der Waals surface area contributed by atoms with E-state index in [4.69, 9.17) is 5.73 Å². The fraction of sp³-hybridized carbons (Fsp3) is 0.300. The summed E-state index contributed by atoms with van der Waals surface area (Å²) in [5.74, 6) is -0.437. The van der Waals surface area contributed by atoms with Gasteiger partial charge in [0.2, 0.25) is 11.8 Å². The van der Waals surface area contributed by atoms with Gasteiger partial charge >= 0.3 is 5.76 Å². The molecule has 1 atom stereocenters. The molecule has 10 nitrogen and oxygen atoms in total. The van der Waals surface area contributed by atoms with E-state index in [0.29, 0.717) is 36.0 Å². The molecule has 40 heavy (non-hydrogen) atoms. The molecule has 0 unspecified atom stereocenters. The molecule has 2 aromatic carbocycles. The van der Waals surface area contributed by atoms with Crippen LogP contribution in [0.25, 0.3) is 22.5 Å². The third-order valence-corrected chi connectivity index (χ3v) is 7.44. The van der Waals surface area contributed by atoms with Gasteiger partial charge in [-0.25, -0.2) is 4.79 Å². The number of carbonyl (C=O) groups is 2. The number of amides is 2. The molecule has 2 heterocycles. The molecule has 1 aliphatic carbocycles. The van der Waals surface area contributed by atoms with E-state index in [-0.39, 0.29) is 17.7 Å². The number of nitrogens with one attached hydrogen (secondary N) is 3. The van der Waals surface area contributed by atoms with Crippen molar-refractivity contribution in [2.75, 3.05) is 11.9 Å². The zero-order valence-electron chi connectivity index (χ0n) is 22.0. The van der Waals surface area contributed by atoms with Gasteiger partial charge in [0.1, 0.15) is 6.04 Å². The van der Waals surface area contributed by atoms with Crippen LogP contribution in [0.4, 0.5) is 5.69 Å². The molecule has 0 bridgehead atoms. The number of aromatic nitrogens is 3. The summed E-state index contributed by atoms with van der Waals surface area (Å²) in [6, 6.07) is 17.9. The van der Waals surface area contributed by atoms with Crippen LogP contribution in [0.1, 0.15) is 31.2 Å². The molecule has 1 fully saturated rings. The first-order valence-corrected chi connectivity index (χ1v) is 13.5. The summed E-state index contributed by atoms with van der Waals surface area (Å²) in [7, 11) is 0. The maximum Gasteiger partial charge on any atom is 0.439 e. The van der Waals surface area contributed by atoms with Crippen LogP contribution in [0.3, 0.4) is 0 Å². The van der Waals surface area contributed by atoms with Crippen molar-refractivity contribution in [1.82, 2.24) is 20.4 Å². The molecule has 5 N–H and O–H groups in total. The maximum atomic E-state index is 13.5. The molecule has 2 amide bonds. The van der Waals surface area contributed by atoms with Gasteiger partial charge in [0.05, 0.1) is 0 Å². The van der Waals surface area contributed by atoms with Gasteiger partial charge in [0.25, 0.3) is 0 Å². The molecule has 206 valence electrons.